The zero-order valence-electron chi connectivity index (χ0n) is 9.08. The molecule has 1 aliphatic heterocycles. The van der Waals surface area contributed by atoms with Crippen LogP contribution in [-0.4, -0.2) is 22.9 Å². The molecule has 0 saturated carbocycles. The van der Waals surface area contributed by atoms with Gasteiger partial charge in [-0.05, 0) is 43.8 Å². The van der Waals surface area contributed by atoms with Gasteiger partial charge in [-0.1, -0.05) is 6.92 Å². The molecule has 78 valence electrons. The van der Waals surface area contributed by atoms with E-state index in [9.17, 15) is 0 Å². The van der Waals surface area contributed by atoms with Gasteiger partial charge in [0, 0.05) is 13.2 Å². The van der Waals surface area contributed by atoms with Gasteiger partial charge in [-0.3, -0.25) is 4.68 Å². The van der Waals surface area contributed by atoms with Gasteiger partial charge in [-0.2, -0.15) is 5.10 Å². The van der Waals surface area contributed by atoms with E-state index in [-0.39, 0.29) is 0 Å². The van der Waals surface area contributed by atoms with Crippen molar-refractivity contribution in [1.29, 1.82) is 0 Å². The van der Waals surface area contributed by atoms with Crippen LogP contribution < -0.4 is 5.32 Å². The van der Waals surface area contributed by atoms with Gasteiger partial charge >= 0.3 is 0 Å². The highest BCUT2D eigenvalue weighted by molar-refractivity contribution is 5.18. The minimum Gasteiger partial charge on any atom is -0.316 e. The van der Waals surface area contributed by atoms with Gasteiger partial charge in [0.2, 0.25) is 0 Å². The molecule has 0 spiro atoms. The van der Waals surface area contributed by atoms with Crippen LogP contribution in [0.2, 0.25) is 0 Å². The monoisotopic (exact) mass is 193 g/mol. The SMILES string of the molecule is CCc1nn(C)cc1CC1CCNC1. The minimum atomic E-state index is 0.824. The van der Waals surface area contributed by atoms with Crippen LogP contribution in [0.3, 0.4) is 0 Å². The van der Waals surface area contributed by atoms with Crippen molar-refractivity contribution in [1.82, 2.24) is 15.1 Å². The molecule has 3 nitrogen and oxygen atoms in total. The Morgan fingerprint density at radius 1 is 1.64 bits per heavy atom. The molecule has 0 amide bonds. The van der Waals surface area contributed by atoms with Gasteiger partial charge in [-0.25, -0.2) is 0 Å². The van der Waals surface area contributed by atoms with E-state index in [1.807, 2.05) is 11.7 Å². The quantitative estimate of drug-likeness (QED) is 0.780. The van der Waals surface area contributed by atoms with Crippen LogP contribution in [-0.2, 0) is 19.9 Å². The summed E-state index contributed by atoms with van der Waals surface area (Å²) in [4.78, 5) is 0. The molecule has 1 unspecified atom stereocenters. The van der Waals surface area contributed by atoms with Crippen molar-refractivity contribution in [3.05, 3.63) is 17.5 Å². The topological polar surface area (TPSA) is 29.9 Å². The van der Waals surface area contributed by atoms with Crippen molar-refractivity contribution in [3.63, 3.8) is 0 Å². The van der Waals surface area contributed by atoms with Crippen LogP contribution in [0.15, 0.2) is 6.20 Å². The van der Waals surface area contributed by atoms with E-state index in [1.54, 1.807) is 0 Å². The molecule has 0 bridgehead atoms. The molecule has 1 N–H and O–H groups in total. The van der Waals surface area contributed by atoms with Crippen LogP contribution in [0.25, 0.3) is 0 Å². The van der Waals surface area contributed by atoms with Crippen LogP contribution in [0.1, 0.15) is 24.6 Å². The minimum absolute atomic E-state index is 0.824. The van der Waals surface area contributed by atoms with Crippen LogP contribution in [0.5, 0.6) is 0 Å². The third-order valence-corrected chi connectivity index (χ3v) is 3.00. The molecule has 2 heterocycles. The fraction of sp³-hybridized carbons (Fsp3) is 0.727. The second-order valence-electron chi connectivity index (χ2n) is 4.19. The smallest absolute Gasteiger partial charge is 0.0653 e. The van der Waals surface area contributed by atoms with E-state index < -0.39 is 0 Å². The summed E-state index contributed by atoms with van der Waals surface area (Å²) in [5.74, 6) is 0.824. The zero-order valence-corrected chi connectivity index (χ0v) is 9.08. The molecular formula is C11H19N3. The predicted molar refractivity (Wildman–Crippen MR) is 57.3 cm³/mol. The number of nitrogens with zero attached hydrogens (tertiary/aromatic N) is 2. The van der Waals surface area contributed by atoms with Crippen LogP contribution >= 0.6 is 0 Å². The standard InChI is InChI=1S/C11H19N3/c1-3-11-10(8-14(2)13-11)6-9-4-5-12-7-9/h8-9,12H,3-7H2,1-2H3. The maximum absolute atomic E-state index is 4.47. The van der Waals surface area contributed by atoms with Gasteiger partial charge in [0.05, 0.1) is 5.69 Å². The first-order chi connectivity index (χ1) is 6.79. The lowest BCUT2D eigenvalue weighted by Crippen LogP contribution is -2.11. The number of nitrogens with one attached hydrogen (secondary N) is 1. The lowest BCUT2D eigenvalue weighted by atomic mass is 9.98. The molecule has 1 atom stereocenters. The molecule has 2 rings (SSSR count). The van der Waals surface area contributed by atoms with Crippen molar-refractivity contribution in [2.45, 2.75) is 26.2 Å². The van der Waals surface area contributed by atoms with E-state index in [0.29, 0.717) is 0 Å². The van der Waals surface area contributed by atoms with Gasteiger partial charge in [0.1, 0.15) is 0 Å². The van der Waals surface area contributed by atoms with E-state index in [4.69, 9.17) is 0 Å². The molecule has 1 aliphatic rings. The molecule has 0 radical (unpaired) electrons. The second-order valence-corrected chi connectivity index (χ2v) is 4.19. The Labute approximate surface area is 85.5 Å². The van der Waals surface area contributed by atoms with Crippen LogP contribution in [0.4, 0.5) is 0 Å². The largest absolute Gasteiger partial charge is 0.316 e. The van der Waals surface area contributed by atoms with E-state index in [2.05, 4.69) is 23.5 Å². The summed E-state index contributed by atoms with van der Waals surface area (Å²) >= 11 is 0. The number of rotatable bonds is 3. The Morgan fingerprint density at radius 3 is 3.14 bits per heavy atom. The Kier molecular flexibility index (Phi) is 2.87. The van der Waals surface area contributed by atoms with Crippen LogP contribution in [0, 0.1) is 5.92 Å². The molecule has 1 fully saturated rings. The van der Waals surface area contributed by atoms with Crippen molar-refractivity contribution in [2.75, 3.05) is 13.1 Å². The number of aromatic nitrogens is 2. The molecule has 1 aromatic rings. The van der Waals surface area contributed by atoms with Gasteiger partial charge in [0.15, 0.2) is 0 Å². The Hall–Kier alpha value is -0.830. The fourth-order valence-corrected chi connectivity index (χ4v) is 2.25. The van der Waals surface area contributed by atoms with E-state index >= 15 is 0 Å². The third-order valence-electron chi connectivity index (χ3n) is 3.00. The third kappa shape index (κ3) is 1.98. The first-order valence-corrected chi connectivity index (χ1v) is 5.51. The lowest BCUT2D eigenvalue weighted by molar-refractivity contribution is 0.577. The molecular weight excluding hydrogens is 174 g/mol. The Morgan fingerprint density at radius 2 is 2.50 bits per heavy atom. The fourth-order valence-electron chi connectivity index (χ4n) is 2.25. The summed E-state index contributed by atoms with van der Waals surface area (Å²) in [5.41, 5.74) is 2.73. The molecule has 3 heteroatoms. The molecule has 1 aromatic heterocycles. The first kappa shape index (κ1) is 9.71. The summed E-state index contributed by atoms with van der Waals surface area (Å²) in [5, 5.41) is 7.88. The van der Waals surface area contributed by atoms with Crippen molar-refractivity contribution < 1.29 is 0 Å². The Bertz CT molecular complexity index is 297. The summed E-state index contributed by atoms with van der Waals surface area (Å²) in [6.07, 6.45) is 5.75. The summed E-state index contributed by atoms with van der Waals surface area (Å²) in [6, 6.07) is 0. The number of aryl methyl sites for hydroxylation is 2. The van der Waals surface area contributed by atoms with Gasteiger partial charge in [-0.15, -0.1) is 0 Å². The molecule has 1 saturated heterocycles. The normalized spacial score (nSPS) is 21.7. The highest BCUT2D eigenvalue weighted by atomic mass is 15.2. The highest BCUT2D eigenvalue weighted by Gasteiger charge is 2.17. The molecule has 0 aliphatic carbocycles. The zero-order chi connectivity index (χ0) is 9.97. The van der Waals surface area contributed by atoms with E-state index in [1.165, 1.54) is 37.2 Å². The highest BCUT2D eigenvalue weighted by Crippen LogP contribution is 2.17. The van der Waals surface area contributed by atoms with Gasteiger partial charge in [0.25, 0.3) is 0 Å². The molecule has 14 heavy (non-hydrogen) atoms. The summed E-state index contributed by atoms with van der Waals surface area (Å²) in [6.45, 7) is 4.54. The first-order valence-electron chi connectivity index (χ1n) is 5.51. The lowest BCUT2D eigenvalue weighted by Gasteiger charge is -2.06. The van der Waals surface area contributed by atoms with Crippen molar-refractivity contribution >= 4 is 0 Å². The average Bonchev–Trinajstić information content (AvgIpc) is 2.76. The molecule has 0 aromatic carbocycles. The van der Waals surface area contributed by atoms with E-state index in [0.717, 1.165) is 12.3 Å². The second kappa shape index (κ2) is 4.13. The van der Waals surface area contributed by atoms with Crippen molar-refractivity contribution in [3.8, 4) is 0 Å². The van der Waals surface area contributed by atoms with Gasteiger partial charge < -0.3 is 5.32 Å². The Balaban J connectivity index is 2.06. The van der Waals surface area contributed by atoms with Crippen molar-refractivity contribution in [2.24, 2.45) is 13.0 Å². The summed E-state index contributed by atoms with van der Waals surface area (Å²) in [7, 11) is 2.01. The number of hydrogen-bond acceptors (Lipinski definition) is 2. The number of hydrogen-bond donors (Lipinski definition) is 1. The predicted octanol–water partition coefficient (Wildman–Crippen LogP) is 1.13. The summed E-state index contributed by atoms with van der Waals surface area (Å²) < 4.78 is 1.94. The maximum Gasteiger partial charge on any atom is 0.0653 e. The maximum atomic E-state index is 4.47. The average molecular weight is 193 g/mol.